The minimum Gasteiger partial charge on any atom is -0.381 e. The molecule has 1 aliphatic carbocycles. The fourth-order valence-corrected chi connectivity index (χ4v) is 3.55. The van der Waals surface area contributed by atoms with Gasteiger partial charge in [0.2, 0.25) is 5.91 Å². The van der Waals surface area contributed by atoms with E-state index in [1.54, 1.807) is 0 Å². The van der Waals surface area contributed by atoms with Crippen molar-refractivity contribution in [1.29, 1.82) is 0 Å². The summed E-state index contributed by atoms with van der Waals surface area (Å²) in [6.07, 6.45) is 5.61. The van der Waals surface area contributed by atoms with Crippen molar-refractivity contribution >= 4 is 5.91 Å². The van der Waals surface area contributed by atoms with Gasteiger partial charge in [0.05, 0.1) is 6.04 Å². The van der Waals surface area contributed by atoms with Gasteiger partial charge in [-0.1, -0.05) is 0 Å². The first-order valence-corrected chi connectivity index (χ1v) is 8.01. The van der Waals surface area contributed by atoms with Gasteiger partial charge in [-0.05, 0) is 38.0 Å². The minimum atomic E-state index is -0.348. The number of nitrogens with zero attached hydrogens (tertiary/aromatic N) is 2. The van der Waals surface area contributed by atoms with Gasteiger partial charge in [0.1, 0.15) is 0 Å². The lowest BCUT2D eigenvalue weighted by molar-refractivity contribution is -0.135. The number of nitrogens with two attached hydrogens (primary N) is 1. The molecule has 1 amide bonds. The van der Waals surface area contributed by atoms with E-state index in [4.69, 9.17) is 10.5 Å². The maximum absolute atomic E-state index is 12.6. The predicted molar refractivity (Wildman–Crippen MR) is 77.3 cm³/mol. The van der Waals surface area contributed by atoms with Gasteiger partial charge in [-0.2, -0.15) is 0 Å². The van der Waals surface area contributed by atoms with Crippen LogP contribution in [0, 0.1) is 5.92 Å². The molecule has 2 unspecified atom stereocenters. The summed E-state index contributed by atoms with van der Waals surface area (Å²) in [4.78, 5) is 17.0. The number of hydrogen-bond acceptors (Lipinski definition) is 4. The first-order valence-electron chi connectivity index (χ1n) is 8.01. The van der Waals surface area contributed by atoms with Crippen molar-refractivity contribution in [2.45, 2.75) is 50.2 Å². The van der Waals surface area contributed by atoms with Gasteiger partial charge in [0.15, 0.2) is 0 Å². The van der Waals surface area contributed by atoms with Crippen molar-refractivity contribution in [3.63, 3.8) is 0 Å². The smallest absolute Gasteiger partial charge is 0.239 e. The maximum atomic E-state index is 12.6. The summed E-state index contributed by atoms with van der Waals surface area (Å²) in [6.45, 7) is 3.66. The third-order valence-corrected chi connectivity index (χ3v) is 5.21. The number of likely N-dealkylation sites (N-methyl/N-ethyl adjacent to an activating group) is 1. The van der Waals surface area contributed by atoms with Crippen LogP contribution in [0.2, 0.25) is 0 Å². The molecule has 2 saturated heterocycles. The molecule has 5 nitrogen and oxygen atoms in total. The lowest BCUT2D eigenvalue weighted by Crippen LogP contribution is -2.51. The lowest BCUT2D eigenvalue weighted by Gasteiger charge is -2.32. The summed E-state index contributed by atoms with van der Waals surface area (Å²) in [5.41, 5.74) is 6.21. The Balaban J connectivity index is 1.52. The van der Waals surface area contributed by atoms with Crippen LogP contribution < -0.4 is 5.73 Å². The molecular formula is C15H27N3O2. The molecule has 1 saturated carbocycles. The molecule has 3 fully saturated rings. The van der Waals surface area contributed by atoms with Crippen LogP contribution in [-0.2, 0) is 9.53 Å². The van der Waals surface area contributed by atoms with Gasteiger partial charge >= 0.3 is 0 Å². The number of hydrogen-bond donors (Lipinski definition) is 1. The van der Waals surface area contributed by atoms with Crippen molar-refractivity contribution in [2.75, 3.05) is 33.4 Å². The Bertz CT molecular complexity index is 353. The molecule has 0 aromatic heterocycles. The van der Waals surface area contributed by atoms with Crippen molar-refractivity contribution < 1.29 is 9.53 Å². The number of rotatable bonds is 4. The van der Waals surface area contributed by atoms with Crippen molar-refractivity contribution in [2.24, 2.45) is 11.7 Å². The van der Waals surface area contributed by atoms with E-state index in [0.717, 1.165) is 51.6 Å². The van der Waals surface area contributed by atoms with E-state index in [0.29, 0.717) is 12.0 Å². The van der Waals surface area contributed by atoms with E-state index >= 15 is 0 Å². The SMILES string of the molecule is CN(C(=O)C(N)C1CCOCC1)C1CCN(C2CC2)C1. The summed E-state index contributed by atoms with van der Waals surface area (Å²) in [5.74, 6) is 0.416. The topological polar surface area (TPSA) is 58.8 Å². The molecule has 0 radical (unpaired) electrons. The quantitative estimate of drug-likeness (QED) is 0.812. The van der Waals surface area contributed by atoms with Crippen LogP contribution in [0.1, 0.15) is 32.1 Å². The van der Waals surface area contributed by atoms with E-state index in [2.05, 4.69) is 4.90 Å². The zero-order chi connectivity index (χ0) is 14.1. The summed E-state index contributed by atoms with van der Waals surface area (Å²) < 4.78 is 5.35. The standard InChI is InChI=1S/C15H27N3O2/c1-17(13-4-7-18(10-13)12-2-3-12)15(19)14(16)11-5-8-20-9-6-11/h11-14H,2-10,16H2,1H3. The summed E-state index contributed by atoms with van der Waals surface area (Å²) in [6, 6.07) is 0.806. The third kappa shape index (κ3) is 3.00. The van der Waals surface area contributed by atoms with Crippen molar-refractivity contribution in [1.82, 2.24) is 9.80 Å². The number of carbonyl (C=O) groups is 1. The fourth-order valence-electron chi connectivity index (χ4n) is 3.55. The molecule has 2 N–H and O–H groups in total. The molecule has 0 bridgehead atoms. The van der Waals surface area contributed by atoms with E-state index in [9.17, 15) is 4.79 Å². The third-order valence-electron chi connectivity index (χ3n) is 5.21. The number of carbonyl (C=O) groups excluding carboxylic acids is 1. The van der Waals surface area contributed by atoms with Crippen LogP contribution >= 0.6 is 0 Å². The molecule has 5 heteroatoms. The second-order valence-corrected chi connectivity index (χ2v) is 6.59. The lowest BCUT2D eigenvalue weighted by atomic mass is 9.91. The second kappa shape index (κ2) is 6.00. The first-order chi connectivity index (χ1) is 9.66. The molecule has 0 aromatic rings. The molecular weight excluding hydrogens is 254 g/mol. The van der Waals surface area contributed by atoms with Crippen LogP contribution in [0.3, 0.4) is 0 Å². The molecule has 2 aliphatic heterocycles. The summed E-state index contributed by atoms with van der Waals surface area (Å²) in [7, 11) is 1.93. The van der Waals surface area contributed by atoms with Crippen LogP contribution in [0.4, 0.5) is 0 Å². The van der Waals surface area contributed by atoms with Gasteiger partial charge in [-0.25, -0.2) is 0 Å². The molecule has 2 atom stereocenters. The number of likely N-dealkylation sites (tertiary alicyclic amines) is 1. The monoisotopic (exact) mass is 281 g/mol. The first kappa shape index (κ1) is 14.3. The zero-order valence-corrected chi connectivity index (χ0v) is 12.5. The molecule has 3 aliphatic rings. The van der Waals surface area contributed by atoms with Gasteiger partial charge in [0.25, 0.3) is 0 Å². The summed E-state index contributed by atoms with van der Waals surface area (Å²) in [5, 5.41) is 0. The molecule has 20 heavy (non-hydrogen) atoms. The van der Waals surface area contributed by atoms with Crippen LogP contribution in [-0.4, -0.2) is 67.2 Å². The molecule has 0 aromatic carbocycles. The molecule has 2 heterocycles. The van der Waals surface area contributed by atoms with Gasteiger partial charge < -0.3 is 15.4 Å². The number of amides is 1. The largest absolute Gasteiger partial charge is 0.381 e. The summed E-state index contributed by atoms with van der Waals surface area (Å²) >= 11 is 0. The Labute approximate surface area is 121 Å². The Hall–Kier alpha value is -0.650. The fraction of sp³-hybridized carbons (Fsp3) is 0.933. The molecule has 114 valence electrons. The highest BCUT2D eigenvalue weighted by Gasteiger charge is 2.38. The van der Waals surface area contributed by atoms with Crippen molar-refractivity contribution in [3.8, 4) is 0 Å². The average Bonchev–Trinajstić information content (AvgIpc) is 3.23. The van der Waals surface area contributed by atoms with Gasteiger partial charge in [0, 0.05) is 45.4 Å². The number of ether oxygens (including phenoxy) is 1. The molecule has 0 spiro atoms. The van der Waals surface area contributed by atoms with Crippen molar-refractivity contribution in [3.05, 3.63) is 0 Å². The van der Waals surface area contributed by atoms with Crippen LogP contribution in [0.25, 0.3) is 0 Å². The predicted octanol–water partition coefficient (Wildman–Crippen LogP) is 0.435. The minimum absolute atomic E-state index is 0.125. The van der Waals surface area contributed by atoms with Gasteiger partial charge in [-0.3, -0.25) is 9.69 Å². The highest BCUT2D eigenvalue weighted by Crippen LogP contribution is 2.31. The zero-order valence-electron chi connectivity index (χ0n) is 12.5. The van der Waals surface area contributed by atoms with Crippen LogP contribution in [0.5, 0.6) is 0 Å². The maximum Gasteiger partial charge on any atom is 0.239 e. The Morgan fingerprint density at radius 2 is 1.95 bits per heavy atom. The second-order valence-electron chi connectivity index (χ2n) is 6.59. The normalized spacial score (nSPS) is 30.4. The van der Waals surface area contributed by atoms with Crippen LogP contribution in [0.15, 0.2) is 0 Å². The Kier molecular flexibility index (Phi) is 4.29. The molecule has 3 rings (SSSR count). The highest BCUT2D eigenvalue weighted by atomic mass is 16.5. The Morgan fingerprint density at radius 1 is 1.25 bits per heavy atom. The van der Waals surface area contributed by atoms with Gasteiger partial charge in [-0.15, -0.1) is 0 Å². The highest BCUT2D eigenvalue weighted by molar-refractivity contribution is 5.82. The average molecular weight is 281 g/mol. The van der Waals surface area contributed by atoms with E-state index < -0.39 is 0 Å². The Morgan fingerprint density at radius 3 is 2.60 bits per heavy atom. The van der Waals surface area contributed by atoms with E-state index in [1.165, 1.54) is 12.8 Å². The van der Waals surface area contributed by atoms with E-state index in [1.807, 2.05) is 11.9 Å². The van der Waals surface area contributed by atoms with E-state index in [-0.39, 0.29) is 11.9 Å².